The van der Waals surface area contributed by atoms with Crippen LogP contribution in [0.1, 0.15) is 12.5 Å². The van der Waals surface area contributed by atoms with Crippen molar-refractivity contribution >= 4 is 0 Å². The predicted molar refractivity (Wildman–Crippen MR) is 59.9 cm³/mol. The van der Waals surface area contributed by atoms with Crippen molar-refractivity contribution in [1.29, 1.82) is 0 Å². The highest BCUT2D eigenvalue weighted by Gasteiger charge is 2.39. The molecule has 1 aromatic rings. The fourth-order valence-corrected chi connectivity index (χ4v) is 1.31. The molecule has 96 valence electrons. The van der Waals surface area contributed by atoms with Crippen molar-refractivity contribution < 1.29 is 17.9 Å². The van der Waals surface area contributed by atoms with E-state index in [0.717, 1.165) is 12.0 Å². The van der Waals surface area contributed by atoms with E-state index in [-0.39, 0.29) is 0 Å². The highest BCUT2D eigenvalue weighted by Crippen LogP contribution is 2.26. The van der Waals surface area contributed by atoms with E-state index >= 15 is 0 Å². The van der Waals surface area contributed by atoms with Crippen LogP contribution in [-0.2, 0) is 6.42 Å². The van der Waals surface area contributed by atoms with Gasteiger partial charge in [0.05, 0.1) is 0 Å². The van der Waals surface area contributed by atoms with Crippen LogP contribution in [0.2, 0.25) is 0 Å². The molecule has 0 fully saturated rings. The summed E-state index contributed by atoms with van der Waals surface area (Å²) < 4.78 is 42.2. The van der Waals surface area contributed by atoms with Gasteiger partial charge in [0.2, 0.25) is 0 Å². The average Bonchev–Trinajstić information content (AvgIpc) is 2.29. The van der Waals surface area contributed by atoms with Crippen LogP contribution in [0.3, 0.4) is 0 Å². The van der Waals surface area contributed by atoms with Gasteiger partial charge in [0.1, 0.15) is 18.3 Å². The molecular weight excluding hydrogens is 231 g/mol. The van der Waals surface area contributed by atoms with Crippen LogP contribution >= 0.6 is 0 Å². The summed E-state index contributed by atoms with van der Waals surface area (Å²) in [7, 11) is 0. The number of hydrogen-bond acceptors (Lipinski definition) is 2. The Morgan fingerprint density at radius 3 is 2.24 bits per heavy atom. The molecule has 0 amide bonds. The van der Waals surface area contributed by atoms with Gasteiger partial charge in [-0.1, -0.05) is 19.1 Å². The molecule has 17 heavy (non-hydrogen) atoms. The summed E-state index contributed by atoms with van der Waals surface area (Å²) in [5.74, 6) is -1.18. The number of halogens is 3. The predicted octanol–water partition coefficient (Wildman–Crippen LogP) is 2.77. The molecule has 1 rings (SSSR count). The maximum Gasteiger partial charge on any atom is 0.396 e. The molecule has 0 bridgehead atoms. The first-order valence-electron chi connectivity index (χ1n) is 5.46. The summed E-state index contributed by atoms with van der Waals surface area (Å²) >= 11 is 0. The van der Waals surface area contributed by atoms with Crippen molar-refractivity contribution in [2.45, 2.75) is 19.5 Å². The number of benzene rings is 1. The number of aryl methyl sites for hydroxylation is 1. The molecule has 0 spiro atoms. The Balaban J connectivity index is 2.54. The molecule has 0 radical (unpaired) electrons. The second-order valence-electron chi connectivity index (χ2n) is 3.78. The summed E-state index contributed by atoms with van der Waals surface area (Å²) in [5, 5.41) is 0. The first kappa shape index (κ1) is 13.8. The fraction of sp³-hybridized carbons (Fsp3) is 0.500. The van der Waals surface area contributed by atoms with Crippen LogP contribution in [0.25, 0.3) is 0 Å². The third-order valence-corrected chi connectivity index (χ3v) is 2.53. The SMILES string of the molecule is CCc1ccc(OCC(CN)C(F)(F)F)cc1. The van der Waals surface area contributed by atoms with Crippen LogP contribution in [0.15, 0.2) is 24.3 Å². The monoisotopic (exact) mass is 247 g/mol. The van der Waals surface area contributed by atoms with Crippen molar-refractivity contribution in [3.63, 3.8) is 0 Å². The minimum absolute atomic E-state index is 0.435. The van der Waals surface area contributed by atoms with Gasteiger partial charge in [0, 0.05) is 6.54 Å². The van der Waals surface area contributed by atoms with E-state index < -0.39 is 25.2 Å². The lowest BCUT2D eigenvalue weighted by Crippen LogP contribution is -2.35. The van der Waals surface area contributed by atoms with E-state index in [0.29, 0.717) is 5.75 Å². The summed E-state index contributed by atoms with van der Waals surface area (Å²) in [6, 6.07) is 7.01. The molecule has 5 heteroatoms. The Bertz CT molecular complexity index is 335. The Morgan fingerprint density at radius 2 is 1.82 bits per heavy atom. The van der Waals surface area contributed by atoms with Gasteiger partial charge in [0.15, 0.2) is 0 Å². The van der Waals surface area contributed by atoms with Crippen molar-refractivity contribution in [3.8, 4) is 5.75 Å². The van der Waals surface area contributed by atoms with Crippen molar-refractivity contribution in [1.82, 2.24) is 0 Å². The minimum atomic E-state index is -4.31. The fourth-order valence-electron chi connectivity index (χ4n) is 1.31. The van der Waals surface area contributed by atoms with Crippen LogP contribution < -0.4 is 10.5 Å². The molecule has 0 aliphatic carbocycles. The van der Waals surface area contributed by atoms with Crippen LogP contribution in [-0.4, -0.2) is 19.3 Å². The molecule has 2 N–H and O–H groups in total. The van der Waals surface area contributed by atoms with Crippen LogP contribution in [0, 0.1) is 5.92 Å². The normalized spacial score (nSPS) is 13.5. The molecule has 1 unspecified atom stereocenters. The third kappa shape index (κ3) is 4.26. The van der Waals surface area contributed by atoms with Gasteiger partial charge in [-0.25, -0.2) is 0 Å². The van der Waals surface area contributed by atoms with E-state index in [4.69, 9.17) is 10.5 Å². The zero-order chi connectivity index (χ0) is 12.9. The average molecular weight is 247 g/mol. The molecule has 1 atom stereocenters. The Hall–Kier alpha value is -1.23. The minimum Gasteiger partial charge on any atom is -0.493 e. The van der Waals surface area contributed by atoms with Gasteiger partial charge < -0.3 is 10.5 Å². The molecule has 0 heterocycles. The van der Waals surface area contributed by atoms with Crippen LogP contribution in [0.5, 0.6) is 5.75 Å². The van der Waals surface area contributed by atoms with Gasteiger partial charge in [0.25, 0.3) is 0 Å². The van der Waals surface area contributed by atoms with E-state index in [2.05, 4.69) is 0 Å². The van der Waals surface area contributed by atoms with Gasteiger partial charge in [-0.2, -0.15) is 13.2 Å². The molecule has 0 aliphatic heterocycles. The van der Waals surface area contributed by atoms with E-state index in [1.807, 2.05) is 19.1 Å². The number of alkyl halides is 3. The lowest BCUT2D eigenvalue weighted by molar-refractivity contribution is -0.178. The number of nitrogens with two attached hydrogens (primary N) is 1. The molecule has 0 saturated heterocycles. The second-order valence-corrected chi connectivity index (χ2v) is 3.78. The van der Waals surface area contributed by atoms with Gasteiger partial charge >= 0.3 is 6.18 Å². The maximum absolute atomic E-state index is 12.4. The van der Waals surface area contributed by atoms with E-state index in [1.54, 1.807) is 12.1 Å². The summed E-state index contributed by atoms with van der Waals surface area (Å²) in [6.07, 6.45) is -3.42. The third-order valence-electron chi connectivity index (χ3n) is 2.53. The Labute approximate surface area is 98.6 Å². The summed E-state index contributed by atoms with van der Waals surface area (Å²) in [5.41, 5.74) is 6.18. The smallest absolute Gasteiger partial charge is 0.396 e. The Morgan fingerprint density at radius 1 is 1.24 bits per heavy atom. The summed E-state index contributed by atoms with van der Waals surface area (Å²) in [6.45, 7) is 1.10. The van der Waals surface area contributed by atoms with Gasteiger partial charge in [-0.15, -0.1) is 0 Å². The number of hydrogen-bond donors (Lipinski definition) is 1. The summed E-state index contributed by atoms with van der Waals surface area (Å²) in [4.78, 5) is 0. The van der Waals surface area contributed by atoms with Gasteiger partial charge in [-0.3, -0.25) is 0 Å². The molecule has 2 nitrogen and oxygen atoms in total. The van der Waals surface area contributed by atoms with E-state index in [1.165, 1.54) is 0 Å². The van der Waals surface area contributed by atoms with E-state index in [9.17, 15) is 13.2 Å². The molecular formula is C12H16F3NO. The molecule has 0 saturated carbocycles. The van der Waals surface area contributed by atoms with Gasteiger partial charge in [-0.05, 0) is 24.1 Å². The zero-order valence-electron chi connectivity index (χ0n) is 9.63. The molecule has 1 aromatic carbocycles. The molecule has 0 aromatic heterocycles. The lowest BCUT2D eigenvalue weighted by Gasteiger charge is -2.18. The lowest BCUT2D eigenvalue weighted by atomic mass is 10.1. The molecule has 0 aliphatic rings. The first-order valence-corrected chi connectivity index (χ1v) is 5.46. The standard InChI is InChI=1S/C12H16F3NO/c1-2-9-3-5-11(6-4-9)17-8-10(7-16)12(13,14)15/h3-6,10H,2,7-8,16H2,1H3. The maximum atomic E-state index is 12.4. The van der Waals surface area contributed by atoms with Crippen molar-refractivity contribution in [2.75, 3.05) is 13.2 Å². The highest BCUT2D eigenvalue weighted by atomic mass is 19.4. The second kappa shape index (κ2) is 5.91. The number of rotatable bonds is 5. The van der Waals surface area contributed by atoms with Crippen molar-refractivity contribution in [2.24, 2.45) is 11.7 Å². The number of ether oxygens (including phenoxy) is 1. The zero-order valence-corrected chi connectivity index (χ0v) is 9.63. The highest BCUT2D eigenvalue weighted by molar-refractivity contribution is 5.27. The van der Waals surface area contributed by atoms with Crippen LogP contribution in [0.4, 0.5) is 13.2 Å². The first-order chi connectivity index (χ1) is 7.97. The largest absolute Gasteiger partial charge is 0.493 e. The Kier molecular flexibility index (Phi) is 4.81. The quantitative estimate of drug-likeness (QED) is 0.868. The topological polar surface area (TPSA) is 35.2 Å². The van der Waals surface area contributed by atoms with Crippen molar-refractivity contribution in [3.05, 3.63) is 29.8 Å².